The number of benzene rings is 1. The van der Waals surface area contributed by atoms with Gasteiger partial charge in [-0.05, 0) is 18.2 Å². The van der Waals surface area contributed by atoms with Gasteiger partial charge < -0.3 is 4.74 Å². The molecule has 1 aromatic carbocycles. The van der Waals surface area contributed by atoms with Gasteiger partial charge >= 0.3 is 0 Å². The van der Waals surface area contributed by atoms with Gasteiger partial charge in [0.05, 0.1) is 25.0 Å². The van der Waals surface area contributed by atoms with Gasteiger partial charge in [0.1, 0.15) is 5.82 Å². The molecule has 1 aromatic rings. The van der Waals surface area contributed by atoms with Gasteiger partial charge in [0.2, 0.25) is 11.8 Å². The lowest BCUT2D eigenvalue weighted by Gasteiger charge is -2.20. The SMILES string of the molecule is COCCN1C(=O)C2CN(Cc3cc(Br)ccc3F)CC2C1=O. The molecule has 3 rings (SSSR count). The van der Waals surface area contributed by atoms with Crippen molar-refractivity contribution in [1.29, 1.82) is 0 Å². The van der Waals surface area contributed by atoms with Crippen LogP contribution in [0.5, 0.6) is 0 Å². The quantitative estimate of drug-likeness (QED) is 0.724. The van der Waals surface area contributed by atoms with Gasteiger partial charge in [0.15, 0.2) is 0 Å². The first-order valence-corrected chi connectivity index (χ1v) is 8.31. The molecule has 2 aliphatic heterocycles. The van der Waals surface area contributed by atoms with Crippen molar-refractivity contribution in [3.8, 4) is 0 Å². The first-order chi connectivity index (χ1) is 11.0. The highest BCUT2D eigenvalue weighted by Crippen LogP contribution is 2.34. The van der Waals surface area contributed by atoms with Crippen LogP contribution in [-0.2, 0) is 20.9 Å². The van der Waals surface area contributed by atoms with Crippen molar-refractivity contribution in [1.82, 2.24) is 9.80 Å². The maximum atomic E-state index is 13.9. The molecule has 0 bridgehead atoms. The monoisotopic (exact) mass is 384 g/mol. The summed E-state index contributed by atoms with van der Waals surface area (Å²) in [5, 5.41) is 0. The number of likely N-dealkylation sites (tertiary alicyclic amines) is 2. The first-order valence-electron chi connectivity index (χ1n) is 7.51. The van der Waals surface area contributed by atoms with Crippen LogP contribution < -0.4 is 0 Å². The Labute approximate surface area is 142 Å². The topological polar surface area (TPSA) is 49.9 Å². The molecule has 2 amide bonds. The van der Waals surface area contributed by atoms with E-state index in [1.165, 1.54) is 11.0 Å². The highest BCUT2D eigenvalue weighted by molar-refractivity contribution is 9.10. The van der Waals surface area contributed by atoms with Gasteiger partial charge in [0, 0.05) is 36.8 Å². The van der Waals surface area contributed by atoms with Crippen molar-refractivity contribution < 1.29 is 18.7 Å². The van der Waals surface area contributed by atoms with Crippen LogP contribution in [0.15, 0.2) is 22.7 Å². The molecule has 2 fully saturated rings. The van der Waals surface area contributed by atoms with Crippen LogP contribution in [-0.4, -0.2) is 55.0 Å². The zero-order valence-corrected chi connectivity index (χ0v) is 14.4. The molecule has 2 aliphatic rings. The molecule has 0 N–H and O–H groups in total. The Bertz CT molecular complexity index is 616. The summed E-state index contributed by atoms with van der Waals surface area (Å²) >= 11 is 3.33. The van der Waals surface area contributed by atoms with Crippen molar-refractivity contribution in [2.75, 3.05) is 33.4 Å². The van der Waals surface area contributed by atoms with E-state index < -0.39 is 0 Å². The van der Waals surface area contributed by atoms with Crippen LogP contribution in [0.25, 0.3) is 0 Å². The molecule has 2 saturated heterocycles. The average Bonchev–Trinajstić information content (AvgIpc) is 3.02. The number of imide groups is 1. The fourth-order valence-corrected chi connectivity index (χ4v) is 3.74. The van der Waals surface area contributed by atoms with Gasteiger partial charge in [0.25, 0.3) is 0 Å². The van der Waals surface area contributed by atoms with E-state index >= 15 is 0 Å². The highest BCUT2D eigenvalue weighted by Gasteiger charge is 2.51. The molecule has 2 unspecified atom stereocenters. The number of ether oxygens (including phenoxy) is 1. The Morgan fingerprint density at radius 2 is 1.91 bits per heavy atom. The highest BCUT2D eigenvalue weighted by atomic mass is 79.9. The predicted molar refractivity (Wildman–Crippen MR) is 85.0 cm³/mol. The Kier molecular flexibility index (Phi) is 4.79. The maximum absolute atomic E-state index is 13.9. The smallest absolute Gasteiger partial charge is 0.234 e. The van der Waals surface area contributed by atoms with Crippen molar-refractivity contribution in [2.24, 2.45) is 11.8 Å². The third kappa shape index (κ3) is 3.18. The van der Waals surface area contributed by atoms with E-state index in [9.17, 15) is 14.0 Å². The second kappa shape index (κ2) is 6.67. The molecule has 7 heteroatoms. The maximum Gasteiger partial charge on any atom is 0.234 e. The summed E-state index contributed by atoms with van der Waals surface area (Å²) in [5.41, 5.74) is 0.565. The standard InChI is InChI=1S/C16H18BrFN2O3/c1-23-5-4-20-15(21)12-8-19(9-13(12)16(20)22)7-10-6-11(17)2-3-14(10)18/h2-3,6,12-13H,4-5,7-9H2,1H3. The number of rotatable bonds is 5. The molecule has 0 saturated carbocycles. The number of fused-ring (bicyclic) bond motifs is 1. The Morgan fingerprint density at radius 1 is 1.26 bits per heavy atom. The van der Waals surface area contributed by atoms with E-state index in [-0.39, 0.29) is 29.5 Å². The number of carbonyl (C=O) groups is 2. The summed E-state index contributed by atoms with van der Waals surface area (Å²) < 4.78 is 19.6. The minimum Gasteiger partial charge on any atom is -0.383 e. The van der Waals surface area contributed by atoms with Gasteiger partial charge in [-0.2, -0.15) is 0 Å². The Balaban J connectivity index is 1.67. The van der Waals surface area contributed by atoms with Crippen molar-refractivity contribution in [2.45, 2.75) is 6.54 Å². The van der Waals surface area contributed by atoms with Crippen LogP contribution >= 0.6 is 15.9 Å². The summed E-state index contributed by atoms with van der Waals surface area (Å²) in [5.74, 6) is -1.16. The number of hydrogen-bond donors (Lipinski definition) is 0. The van der Waals surface area contributed by atoms with Crippen molar-refractivity contribution in [3.63, 3.8) is 0 Å². The lowest BCUT2D eigenvalue weighted by molar-refractivity contribution is -0.141. The summed E-state index contributed by atoms with van der Waals surface area (Å²) in [7, 11) is 1.54. The molecule has 124 valence electrons. The average molecular weight is 385 g/mol. The van der Waals surface area contributed by atoms with Crippen LogP contribution in [0.4, 0.5) is 4.39 Å². The van der Waals surface area contributed by atoms with E-state index in [1.807, 2.05) is 4.90 Å². The fraction of sp³-hybridized carbons (Fsp3) is 0.500. The number of halogens is 2. The van der Waals surface area contributed by atoms with E-state index in [0.29, 0.717) is 38.3 Å². The summed E-state index contributed by atoms with van der Waals surface area (Å²) in [4.78, 5) is 28.0. The largest absolute Gasteiger partial charge is 0.383 e. The normalized spacial score (nSPS) is 24.6. The van der Waals surface area contributed by atoms with Crippen LogP contribution in [0.1, 0.15) is 5.56 Å². The number of carbonyl (C=O) groups excluding carboxylic acids is 2. The molecular weight excluding hydrogens is 367 g/mol. The van der Waals surface area contributed by atoms with Gasteiger partial charge in [-0.15, -0.1) is 0 Å². The first kappa shape index (κ1) is 16.5. The van der Waals surface area contributed by atoms with E-state index in [0.717, 1.165) is 4.47 Å². The Hall–Kier alpha value is -1.31. The molecule has 0 aromatic heterocycles. The van der Waals surface area contributed by atoms with Gasteiger partial charge in [-0.1, -0.05) is 15.9 Å². The molecule has 2 heterocycles. The van der Waals surface area contributed by atoms with E-state index in [4.69, 9.17) is 4.74 Å². The van der Waals surface area contributed by atoms with Crippen LogP contribution in [0.3, 0.4) is 0 Å². The molecular formula is C16H18BrFN2O3. The minimum absolute atomic E-state index is 0.130. The second-order valence-corrected chi connectivity index (χ2v) is 6.88. The third-order valence-corrected chi connectivity index (χ3v) is 4.98. The van der Waals surface area contributed by atoms with Crippen LogP contribution in [0, 0.1) is 17.7 Å². The summed E-state index contributed by atoms with van der Waals surface area (Å²) in [6.07, 6.45) is 0. The minimum atomic E-state index is -0.311. The molecule has 0 spiro atoms. The lowest BCUT2D eigenvalue weighted by Crippen LogP contribution is -2.37. The molecule has 0 radical (unpaired) electrons. The van der Waals surface area contributed by atoms with Gasteiger partial charge in [-0.3, -0.25) is 19.4 Å². The zero-order valence-electron chi connectivity index (χ0n) is 12.8. The van der Waals surface area contributed by atoms with E-state index in [2.05, 4.69) is 15.9 Å². The Morgan fingerprint density at radius 3 is 2.52 bits per heavy atom. The summed E-state index contributed by atoms with van der Waals surface area (Å²) in [6, 6.07) is 4.80. The lowest BCUT2D eigenvalue weighted by atomic mass is 10.00. The van der Waals surface area contributed by atoms with Crippen LogP contribution in [0.2, 0.25) is 0 Å². The number of amides is 2. The summed E-state index contributed by atoms with van der Waals surface area (Å²) in [6.45, 7) is 2.04. The van der Waals surface area contributed by atoms with Crippen molar-refractivity contribution in [3.05, 3.63) is 34.1 Å². The predicted octanol–water partition coefficient (Wildman–Crippen LogP) is 1.65. The number of methoxy groups -OCH3 is 1. The number of hydrogen-bond acceptors (Lipinski definition) is 4. The second-order valence-electron chi connectivity index (χ2n) is 5.96. The van der Waals surface area contributed by atoms with E-state index in [1.54, 1.807) is 19.2 Å². The van der Waals surface area contributed by atoms with Gasteiger partial charge in [-0.25, -0.2) is 4.39 Å². The third-order valence-electron chi connectivity index (χ3n) is 4.48. The molecule has 0 aliphatic carbocycles. The molecule has 2 atom stereocenters. The molecule has 23 heavy (non-hydrogen) atoms. The number of nitrogens with zero attached hydrogens (tertiary/aromatic N) is 2. The zero-order chi connectivity index (χ0) is 16.6. The van der Waals surface area contributed by atoms with Crippen molar-refractivity contribution >= 4 is 27.7 Å². The fourth-order valence-electron chi connectivity index (χ4n) is 3.33. The molecule has 5 nitrogen and oxygen atoms in total.